The second kappa shape index (κ2) is 7.66. The van der Waals surface area contributed by atoms with Crippen molar-refractivity contribution in [2.24, 2.45) is 0 Å². The molecule has 0 unspecified atom stereocenters. The van der Waals surface area contributed by atoms with Gasteiger partial charge in [0.2, 0.25) is 0 Å². The minimum absolute atomic E-state index is 0.390. The largest absolute Gasteiger partial charge is 0.496 e. The first-order valence-corrected chi connectivity index (χ1v) is 9.74. The highest BCUT2D eigenvalue weighted by atomic mass is 127. The molecule has 1 aromatic carbocycles. The van der Waals surface area contributed by atoms with Gasteiger partial charge in [0, 0.05) is 24.5 Å². The highest BCUT2D eigenvalue weighted by Gasteiger charge is 2.18. The molecule has 0 aliphatic carbocycles. The predicted molar refractivity (Wildman–Crippen MR) is 115 cm³/mol. The lowest BCUT2D eigenvalue weighted by Crippen LogP contribution is -2.33. The summed E-state index contributed by atoms with van der Waals surface area (Å²) in [6.07, 6.45) is 3.22. The Kier molecular flexibility index (Phi) is 5.07. The Morgan fingerprint density at radius 3 is 2.89 bits per heavy atom. The molecule has 3 aromatic rings. The highest BCUT2D eigenvalue weighted by molar-refractivity contribution is 14.1. The van der Waals surface area contributed by atoms with E-state index in [1.807, 2.05) is 30.3 Å². The topological polar surface area (TPSA) is 103 Å². The number of fused-ring (bicyclic) bond motifs is 1. The van der Waals surface area contributed by atoms with Crippen LogP contribution in [0.5, 0.6) is 5.75 Å². The van der Waals surface area contributed by atoms with Gasteiger partial charge in [-0.2, -0.15) is 0 Å². The van der Waals surface area contributed by atoms with Crippen molar-refractivity contribution in [2.75, 3.05) is 25.5 Å². The number of methoxy groups -OCH3 is 1. The third-order valence-corrected chi connectivity index (χ3v) is 5.51. The summed E-state index contributed by atoms with van der Waals surface area (Å²) < 4.78 is 6.30. The molecule has 1 aliphatic rings. The van der Waals surface area contributed by atoms with Crippen molar-refractivity contribution in [1.82, 2.24) is 19.9 Å². The van der Waals surface area contributed by atoms with Gasteiger partial charge < -0.3 is 25.0 Å². The lowest BCUT2D eigenvalue weighted by atomic mass is 10.1. The zero-order chi connectivity index (χ0) is 19.7. The summed E-state index contributed by atoms with van der Waals surface area (Å²) in [6.45, 7) is 0.874. The fourth-order valence-corrected chi connectivity index (χ4v) is 3.92. The minimum atomic E-state index is -0.890. The van der Waals surface area contributed by atoms with Crippen molar-refractivity contribution < 1.29 is 14.6 Å². The molecule has 0 spiro atoms. The van der Waals surface area contributed by atoms with Crippen LogP contribution in [0.15, 0.2) is 36.7 Å². The second-order valence-electron chi connectivity index (χ2n) is 6.35. The second-order valence-corrected chi connectivity index (χ2v) is 7.51. The Labute approximate surface area is 174 Å². The number of carbonyl (C=O) groups is 1. The SMILES string of the molecule is COc1ccc(Nc2ncnc3[nH]c(C4=CCN(C(=O)O)CC4)cc23)cc1I. The monoisotopic (exact) mass is 491 g/mol. The molecule has 8 nitrogen and oxygen atoms in total. The highest BCUT2D eigenvalue weighted by Crippen LogP contribution is 2.30. The zero-order valence-corrected chi connectivity index (χ0v) is 17.2. The molecule has 0 fully saturated rings. The lowest BCUT2D eigenvalue weighted by Gasteiger charge is -2.23. The third kappa shape index (κ3) is 3.61. The number of nitrogens with one attached hydrogen (secondary N) is 2. The van der Waals surface area contributed by atoms with E-state index in [-0.39, 0.29) is 0 Å². The van der Waals surface area contributed by atoms with Crippen molar-refractivity contribution in [3.05, 3.63) is 45.9 Å². The summed E-state index contributed by atoms with van der Waals surface area (Å²) in [7, 11) is 1.65. The summed E-state index contributed by atoms with van der Waals surface area (Å²) >= 11 is 2.23. The first-order chi connectivity index (χ1) is 13.5. The third-order valence-electron chi connectivity index (χ3n) is 4.67. The Hall–Kier alpha value is -2.82. The Morgan fingerprint density at radius 1 is 1.36 bits per heavy atom. The van der Waals surface area contributed by atoms with Crippen LogP contribution in [-0.4, -0.2) is 51.3 Å². The van der Waals surface area contributed by atoms with E-state index in [1.165, 1.54) is 11.2 Å². The van der Waals surface area contributed by atoms with Crippen LogP contribution in [0.4, 0.5) is 16.3 Å². The summed E-state index contributed by atoms with van der Waals surface area (Å²) in [5, 5.41) is 13.3. The van der Waals surface area contributed by atoms with Crippen LogP contribution in [0.1, 0.15) is 12.1 Å². The van der Waals surface area contributed by atoms with Crippen molar-refractivity contribution in [1.29, 1.82) is 0 Å². The van der Waals surface area contributed by atoms with E-state index >= 15 is 0 Å². The predicted octanol–water partition coefficient (Wildman–Crippen LogP) is 4.08. The first kappa shape index (κ1) is 18.5. The average Bonchev–Trinajstić information content (AvgIpc) is 3.14. The molecule has 2 aromatic heterocycles. The number of aromatic nitrogens is 3. The van der Waals surface area contributed by atoms with E-state index in [2.05, 4.69) is 42.9 Å². The normalized spacial score (nSPS) is 14.1. The van der Waals surface area contributed by atoms with Crippen LogP contribution >= 0.6 is 22.6 Å². The fourth-order valence-electron chi connectivity index (χ4n) is 3.18. The molecule has 0 bridgehead atoms. The first-order valence-electron chi connectivity index (χ1n) is 8.66. The number of H-pyrrole nitrogens is 1. The van der Waals surface area contributed by atoms with E-state index in [0.29, 0.717) is 25.3 Å². The van der Waals surface area contributed by atoms with Gasteiger partial charge in [0.15, 0.2) is 0 Å². The van der Waals surface area contributed by atoms with Gasteiger partial charge in [-0.25, -0.2) is 14.8 Å². The number of hydrogen-bond donors (Lipinski definition) is 3. The van der Waals surface area contributed by atoms with E-state index in [1.54, 1.807) is 7.11 Å². The van der Waals surface area contributed by atoms with Crippen LogP contribution < -0.4 is 10.1 Å². The number of amides is 1. The van der Waals surface area contributed by atoms with Crippen molar-refractivity contribution in [3.63, 3.8) is 0 Å². The number of benzene rings is 1. The number of rotatable bonds is 4. The number of nitrogens with zero attached hydrogens (tertiary/aromatic N) is 3. The van der Waals surface area contributed by atoms with Gasteiger partial charge in [-0.15, -0.1) is 0 Å². The van der Waals surface area contributed by atoms with Crippen LogP contribution in [0.25, 0.3) is 16.6 Å². The number of aromatic amines is 1. The van der Waals surface area contributed by atoms with Crippen LogP contribution in [-0.2, 0) is 0 Å². The quantitative estimate of drug-likeness (QED) is 0.476. The number of halogens is 1. The molecule has 0 radical (unpaired) electrons. The Morgan fingerprint density at radius 2 is 2.21 bits per heavy atom. The van der Waals surface area contributed by atoms with Gasteiger partial charge in [-0.05, 0) is 58.9 Å². The van der Waals surface area contributed by atoms with Crippen molar-refractivity contribution in [2.45, 2.75) is 6.42 Å². The number of ether oxygens (including phenoxy) is 1. The molecule has 0 atom stereocenters. The molecule has 9 heteroatoms. The molecular formula is C19H18IN5O3. The van der Waals surface area contributed by atoms with Gasteiger partial charge in [-0.3, -0.25) is 0 Å². The van der Waals surface area contributed by atoms with Crippen LogP contribution in [0.2, 0.25) is 0 Å². The maximum atomic E-state index is 11.1. The lowest BCUT2D eigenvalue weighted by molar-refractivity contribution is 0.150. The molecular weight excluding hydrogens is 473 g/mol. The van der Waals surface area contributed by atoms with E-state index in [4.69, 9.17) is 9.84 Å². The Balaban J connectivity index is 1.63. The molecule has 3 N–H and O–H groups in total. The van der Waals surface area contributed by atoms with Gasteiger partial charge in [-0.1, -0.05) is 6.08 Å². The molecule has 4 rings (SSSR count). The summed E-state index contributed by atoms with van der Waals surface area (Å²) in [6, 6.07) is 7.85. The molecule has 0 saturated carbocycles. The smallest absolute Gasteiger partial charge is 0.407 e. The van der Waals surface area contributed by atoms with E-state index < -0.39 is 6.09 Å². The summed E-state index contributed by atoms with van der Waals surface area (Å²) in [5.74, 6) is 1.53. The number of anilines is 2. The average molecular weight is 491 g/mol. The maximum absolute atomic E-state index is 11.1. The molecule has 28 heavy (non-hydrogen) atoms. The molecule has 1 aliphatic heterocycles. The molecule has 0 saturated heterocycles. The summed E-state index contributed by atoms with van der Waals surface area (Å²) in [5.41, 5.74) is 3.66. The minimum Gasteiger partial charge on any atom is -0.496 e. The fraction of sp³-hybridized carbons (Fsp3) is 0.211. The Bertz CT molecular complexity index is 1080. The maximum Gasteiger partial charge on any atom is 0.407 e. The van der Waals surface area contributed by atoms with Crippen molar-refractivity contribution in [3.8, 4) is 5.75 Å². The standard InChI is InChI=1S/C19H18IN5O3/c1-28-16-3-2-12(8-14(16)20)23-17-13-9-15(24-18(13)22-10-21-17)11-4-6-25(7-5-11)19(26)27/h2-4,8-10H,5-7H2,1H3,(H,26,27)(H2,21,22,23,24). The van der Waals surface area contributed by atoms with Crippen LogP contribution in [0.3, 0.4) is 0 Å². The zero-order valence-electron chi connectivity index (χ0n) is 15.1. The number of hydrogen-bond acceptors (Lipinski definition) is 5. The number of carboxylic acid groups (broad SMARTS) is 1. The summed E-state index contributed by atoms with van der Waals surface area (Å²) in [4.78, 5) is 24.5. The van der Waals surface area contributed by atoms with Crippen LogP contribution in [0, 0.1) is 3.57 Å². The van der Waals surface area contributed by atoms with E-state index in [9.17, 15) is 4.79 Å². The molecule has 3 heterocycles. The van der Waals surface area contributed by atoms with Gasteiger partial charge >= 0.3 is 6.09 Å². The van der Waals surface area contributed by atoms with Gasteiger partial charge in [0.05, 0.1) is 16.1 Å². The van der Waals surface area contributed by atoms with Gasteiger partial charge in [0.1, 0.15) is 23.5 Å². The molecule has 144 valence electrons. The van der Waals surface area contributed by atoms with E-state index in [0.717, 1.165) is 37.3 Å². The van der Waals surface area contributed by atoms with Gasteiger partial charge in [0.25, 0.3) is 0 Å². The molecule has 1 amide bonds. The van der Waals surface area contributed by atoms with Crippen molar-refractivity contribution >= 4 is 56.8 Å².